The molecule has 1 saturated carbocycles. The van der Waals surface area contributed by atoms with Gasteiger partial charge >= 0.3 is 5.97 Å². The zero-order valence-corrected chi connectivity index (χ0v) is 41.4. The van der Waals surface area contributed by atoms with E-state index < -0.39 is 8.32 Å². The zero-order chi connectivity index (χ0) is 41.9. The lowest BCUT2D eigenvalue weighted by atomic mass is 9.93. The molecule has 0 aromatic heterocycles. The maximum Gasteiger partial charge on any atom is 0.305 e. The Morgan fingerprint density at radius 2 is 1.00 bits per heavy atom. The molecule has 0 radical (unpaired) electrons. The molecule has 0 saturated heterocycles. The SMILES string of the molecule is CCCCCCCCCCCCCCCCCC[C@H](C)[C@H](CCCCCCCCCCCCCCCC/C=C/[C@@H]1C[C@H]1COC(=O)CCC)O[Si](C)(C)C(C)(C)C. The average Bonchev–Trinajstić information content (AvgIpc) is 3.93. The van der Waals surface area contributed by atoms with E-state index in [0.29, 0.717) is 36.9 Å². The number of hydrogen-bond acceptors (Lipinski definition) is 3. The highest BCUT2D eigenvalue weighted by Gasteiger charge is 2.40. The van der Waals surface area contributed by atoms with Crippen LogP contribution in [-0.2, 0) is 14.0 Å². The number of carbonyl (C=O) groups excluding carboxylic acids is 1. The third-order valence-corrected chi connectivity index (χ3v) is 18.3. The maximum atomic E-state index is 11.5. The van der Waals surface area contributed by atoms with Crippen LogP contribution >= 0.6 is 0 Å². The molecule has 0 aromatic carbocycles. The van der Waals surface area contributed by atoms with E-state index in [1.54, 1.807) is 0 Å². The van der Waals surface area contributed by atoms with Crippen LogP contribution in [0.25, 0.3) is 0 Å². The number of ether oxygens (including phenoxy) is 1. The Kier molecular flexibility index (Phi) is 34.4. The Labute approximate surface area is 360 Å². The molecule has 0 aliphatic heterocycles. The van der Waals surface area contributed by atoms with Crippen LogP contribution in [-0.4, -0.2) is 27.0 Å². The number of hydrogen-bond donors (Lipinski definition) is 0. The number of carbonyl (C=O) groups is 1. The lowest BCUT2D eigenvalue weighted by Crippen LogP contribution is -2.45. The van der Waals surface area contributed by atoms with E-state index >= 15 is 0 Å². The predicted molar refractivity (Wildman–Crippen MR) is 256 cm³/mol. The van der Waals surface area contributed by atoms with Gasteiger partial charge < -0.3 is 9.16 Å². The molecular weight excluding hydrogens is 713 g/mol. The van der Waals surface area contributed by atoms with Crippen molar-refractivity contribution in [2.45, 2.75) is 297 Å². The first-order valence-corrected chi connectivity index (χ1v) is 28.9. The minimum atomic E-state index is -1.76. The zero-order valence-electron chi connectivity index (χ0n) is 40.4. The standard InChI is InChI=1S/C53H104O3Si/c1-9-11-12-13-14-15-16-17-18-21-24-27-30-33-36-39-43-48(3)51(56-57(7,8)53(4,5)6)45-41-38-35-32-29-26-23-20-19-22-25-28-31-34-37-40-44-49-46-50(49)47-55-52(54)42-10-2/h40,44,48-51H,9-39,41-43,45-47H2,1-8H3/b44-40+/t48-,49+,50-,51-/m0/s1. The summed E-state index contributed by atoms with van der Waals surface area (Å²) in [4.78, 5) is 11.5. The first kappa shape index (κ1) is 54.4. The molecule has 1 rings (SSSR count). The topological polar surface area (TPSA) is 35.5 Å². The van der Waals surface area contributed by atoms with Crippen LogP contribution in [0.3, 0.4) is 0 Å². The molecule has 1 aliphatic carbocycles. The quantitative estimate of drug-likeness (QED) is 0.0266. The summed E-state index contributed by atoms with van der Waals surface area (Å²) in [6.45, 7) is 19.6. The molecule has 338 valence electrons. The Morgan fingerprint density at radius 1 is 0.596 bits per heavy atom. The average molecular weight is 817 g/mol. The minimum absolute atomic E-state index is 0.0273. The van der Waals surface area contributed by atoms with Crippen LogP contribution < -0.4 is 0 Å². The summed E-state index contributed by atoms with van der Waals surface area (Å²) in [5.74, 6) is 1.89. The van der Waals surface area contributed by atoms with E-state index in [4.69, 9.17) is 9.16 Å². The molecule has 1 fully saturated rings. The lowest BCUT2D eigenvalue weighted by Gasteiger charge is -2.41. The van der Waals surface area contributed by atoms with Crippen LogP contribution in [0.1, 0.15) is 273 Å². The van der Waals surface area contributed by atoms with E-state index in [2.05, 4.69) is 59.9 Å². The molecule has 57 heavy (non-hydrogen) atoms. The molecule has 0 amide bonds. The minimum Gasteiger partial charge on any atom is -0.465 e. The summed E-state index contributed by atoms with van der Waals surface area (Å²) in [6, 6.07) is 0. The normalized spacial score (nSPS) is 17.1. The number of esters is 1. The second-order valence-corrected chi connectivity index (χ2v) is 25.3. The van der Waals surface area contributed by atoms with E-state index in [9.17, 15) is 4.79 Å². The molecule has 4 atom stereocenters. The number of rotatable bonds is 42. The van der Waals surface area contributed by atoms with Gasteiger partial charge in [0.1, 0.15) is 0 Å². The summed E-state index contributed by atoms with van der Waals surface area (Å²) in [7, 11) is -1.76. The van der Waals surface area contributed by atoms with Gasteiger partial charge in [0.2, 0.25) is 0 Å². The van der Waals surface area contributed by atoms with Gasteiger partial charge in [-0.15, -0.1) is 0 Å². The van der Waals surface area contributed by atoms with Crippen molar-refractivity contribution in [1.29, 1.82) is 0 Å². The van der Waals surface area contributed by atoms with Gasteiger partial charge in [-0.05, 0) is 74.4 Å². The van der Waals surface area contributed by atoms with Gasteiger partial charge in [-0.25, -0.2) is 0 Å². The Bertz CT molecular complexity index is 922. The highest BCUT2D eigenvalue weighted by atomic mass is 28.4. The summed E-state index contributed by atoms with van der Waals surface area (Å²) in [5, 5.41) is 0.284. The van der Waals surface area contributed by atoms with Crippen molar-refractivity contribution in [1.82, 2.24) is 0 Å². The van der Waals surface area contributed by atoms with Gasteiger partial charge in [-0.3, -0.25) is 4.79 Å². The fourth-order valence-corrected chi connectivity index (χ4v) is 9.85. The highest BCUT2D eigenvalue weighted by Crippen LogP contribution is 2.40. The third-order valence-electron chi connectivity index (χ3n) is 13.8. The molecule has 0 heterocycles. The second-order valence-electron chi connectivity index (χ2n) is 20.5. The van der Waals surface area contributed by atoms with E-state index in [-0.39, 0.29) is 11.0 Å². The Balaban J connectivity index is 2.03. The van der Waals surface area contributed by atoms with Crippen LogP contribution in [0, 0.1) is 17.8 Å². The molecule has 0 spiro atoms. The summed E-state index contributed by atoms with van der Waals surface area (Å²) in [6.07, 6.45) is 54.4. The molecule has 4 heteroatoms. The largest absolute Gasteiger partial charge is 0.465 e. The van der Waals surface area contributed by atoms with E-state index in [1.165, 1.54) is 218 Å². The molecule has 0 bridgehead atoms. The van der Waals surface area contributed by atoms with Crippen LogP contribution in [0.15, 0.2) is 12.2 Å². The first-order chi connectivity index (χ1) is 27.5. The van der Waals surface area contributed by atoms with Gasteiger partial charge in [-0.2, -0.15) is 0 Å². The van der Waals surface area contributed by atoms with Crippen LogP contribution in [0.5, 0.6) is 0 Å². The smallest absolute Gasteiger partial charge is 0.305 e. The molecule has 0 unspecified atom stereocenters. The van der Waals surface area contributed by atoms with Gasteiger partial charge in [0.25, 0.3) is 0 Å². The Hall–Kier alpha value is -0.613. The van der Waals surface area contributed by atoms with Crippen LogP contribution in [0.2, 0.25) is 18.1 Å². The molecule has 0 aromatic rings. The van der Waals surface area contributed by atoms with Crippen molar-refractivity contribution in [2.75, 3.05) is 6.61 Å². The second kappa shape index (κ2) is 36.1. The fourth-order valence-electron chi connectivity index (χ4n) is 8.39. The van der Waals surface area contributed by atoms with Crippen LogP contribution in [0.4, 0.5) is 0 Å². The summed E-state index contributed by atoms with van der Waals surface area (Å²) < 4.78 is 12.5. The molecule has 3 nitrogen and oxygen atoms in total. The first-order valence-electron chi connectivity index (χ1n) is 26.0. The monoisotopic (exact) mass is 817 g/mol. The highest BCUT2D eigenvalue weighted by molar-refractivity contribution is 6.74. The van der Waals surface area contributed by atoms with Crippen molar-refractivity contribution in [3.05, 3.63) is 12.2 Å². The van der Waals surface area contributed by atoms with Crippen molar-refractivity contribution in [2.24, 2.45) is 17.8 Å². The molecular formula is C53H104O3Si. The van der Waals surface area contributed by atoms with Crippen molar-refractivity contribution in [3.63, 3.8) is 0 Å². The van der Waals surface area contributed by atoms with Crippen molar-refractivity contribution >= 4 is 14.3 Å². The third kappa shape index (κ3) is 31.9. The van der Waals surface area contributed by atoms with Gasteiger partial charge in [0, 0.05) is 12.5 Å². The Morgan fingerprint density at radius 3 is 1.42 bits per heavy atom. The predicted octanol–water partition coefficient (Wildman–Crippen LogP) is 18.4. The summed E-state index contributed by atoms with van der Waals surface area (Å²) >= 11 is 0. The van der Waals surface area contributed by atoms with Gasteiger partial charge in [0.15, 0.2) is 8.32 Å². The number of allylic oxidation sites excluding steroid dienone is 2. The van der Waals surface area contributed by atoms with E-state index in [1.807, 2.05) is 6.92 Å². The molecule has 1 aliphatic rings. The van der Waals surface area contributed by atoms with Crippen molar-refractivity contribution < 1.29 is 14.0 Å². The fraction of sp³-hybridized carbons (Fsp3) is 0.943. The molecule has 0 N–H and O–H groups in total. The summed E-state index contributed by atoms with van der Waals surface area (Å²) in [5.41, 5.74) is 0. The van der Waals surface area contributed by atoms with Gasteiger partial charge in [0.05, 0.1) is 6.61 Å². The lowest BCUT2D eigenvalue weighted by molar-refractivity contribution is -0.144. The van der Waals surface area contributed by atoms with E-state index in [0.717, 1.165) is 6.42 Å². The van der Waals surface area contributed by atoms with Gasteiger partial charge in [-0.1, -0.05) is 240 Å². The van der Waals surface area contributed by atoms with Crippen molar-refractivity contribution in [3.8, 4) is 0 Å². The number of unbranched alkanes of at least 4 members (excludes halogenated alkanes) is 29. The maximum absolute atomic E-state index is 11.5.